The number of hydrogen-bond donors (Lipinski definition) is 1. The largest absolute Gasteiger partial charge is 0.496 e. The van der Waals surface area contributed by atoms with Crippen LogP contribution < -0.4 is 14.8 Å². The maximum absolute atomic E-state index is 5.81. The molecule has 0 radical (unpaired) electrons. The molecule has 1 aliphatic carbocycles. The first kappa shape index (κ1) is 14.7. The molecule has 1 aromatic carbocycles. The van der Waals surface area contributed by atoms with E-state index < -0.39 is 0 Å². The number of fused-ring (bicyclic) bond motifs is 1. The SMILES string of the molecule is COc1cc(CC2CCCNC2)c(OC)c2c1CCCC2. The molecule has 0 aromatic heterocycles. The zero-order valence-corrected chi connectivity index (χ0v) is 13.3. The Morgan fingerprint density at radius 1 is 1.10 bits per heavy atom. The van der Waals surface area contributed by atoms with Crippen molar-refractivity contribution in [1.29, 1.82) is 0 Å². The molecule has 1 unspecified atom stereocenters. The Hall–Kier alpha value is -1.22. The summed E-state index contributed by atoms with van der Waals surface area (Å²) in [6.07, 6.45) is 8.48. The second-order valence-corrected chi connectivity index (χ2v) is 6.35. The van der Waals surface area contributed by atoms with Crippen LogP contribution in [0, 0.1) is 5.92 Å². The van der Waals surface area contributed by atoms with Crippen LogP contribution in [-0.2, 0) is 19.3 Å². The molecule has 0 bridgehead atoms. The number of nitrogens with one attached hydrogen (secondary N) is 1. The van der Waals surface area contributed by atoms with Crippen molar-refractivity contribution < 1.29 is 9.47 Å². The molecular formula is C18H27NO2. The molecule has 1 fully saturated rings. The normalized spacial score (nSPS) is 21.7. The van der Waals surface area contributed by atoms with E-state index in [1.807, 2.05) is 7.11 Å². The standard InChI is InChI=1S/C18H27NO2/c1-20-17-11-14(10-13-6-5-9-19-12-13)18(21-2)16-8-4-3-7-15(16)17/h11,13,19H,3-10,12H2,1-2H3. The van der Waals surface area contributed by atoms with Gasteiger partial charge in [0.25, 0.3) is 0 Å². The highest BCUT2D eigenvalue weighted by molar-refractivity contribution is 5.55. The lowest BCUT2D eigenvalue weighted by molar-refractivity contribution is 0.357. The fourth-order valence-electron chi connectivity index (χ4n) is 3.93. The van der Waals surface area contributed by atoms with E-state index in [9.17, 15) is 0 Å². The summed E-state index contributed by atoms with van der Waals surface area (Å²) < 4.78 is 11.5. The van der Waals surface area contributed by atoms with Crippen molar-refractivity contribution in [2.75, 3.05) is 27.3 Å². The molecule has 3 rings (SSSR count). The average Bonchev–Trinajstić information content (AvgIpc) is 2.55. The van der Waals surface area contributed by atoms with E-state index in [1.165, 1.54) is 48.9 Å². The van der Waals surface area contributed by atoms with Crippen molar-refractivity contribution in [3.8, 4) is 11.5 Å². The van der Waals surface area contributed by atoms with E-state index in [-0.39, 0.29) is 0 Å². The number of rotatable bonds is 4. The third kappa shape index (κ3) is 3.03. The third-order valence-corrected chi connectivity index (χ3v) is 4.97. The summed E-state index contributed by atoms with van der Waals surface area (Å²) in [5.74, 6) is 2.93. The van der Waals surface area contributed by atoms with E-state index in [4.69, 9.17) is 9.47 Å². The van der Waals surface area contributed by atoms with Gasteiger partial charge in [0.1, 0.15) is 11.5 Å². The second-order valence-electron chi connectivity index (χ2n) is 6.35. The minimum absolute atomic E-state index is 0.721. The van der Waals surface area contributed by atoms with Crippen LogP contribution in [0.5, 0.6) is 11.5 Å². The molecule has 1 aromatic rings. The van der Waals surface area contributed by atoms with Gasteiger partial charge in [-0.15, -0.1) is 0 Å². The molecule has 3 heteroatoms. The Bertz CT molecular complexity index is 492. The van der Waals surface area contributed by atoms with Gasteiger partial charge in [0.15, 0.2) is 0 Å². The molecule has 2 aliphatic rings. The fraction of sp³-hybridized carbons (Fsp3) is 0.667. The number of hydrogen-bond acceptors (Lipinski definition) is 3. The summed E-state index contributed by atoms with van der Waals surface area (Å²) >= 11 is 0. The topological polar surface area (TPSA) is 30.5 Å². The molecule has 1 aliphatic heterocycles. The van der Waals surface area contributed by atoms with Gasteiger partial charge >= 0.3 is 0 Å². The summed E-state index contributed by atoms with van der Waals surface area (Å²) in [5.41, 5.74) is 4.12. The molecular weight excluding hydrogens is 262 g/mol. The van der Waals surface area contributed by atoms with Crippen LogP contribution in [-0.4, -0.2) is 27.3 Å². The van der Waals surface area contributed by atoms with Gasteiger partial charge in [0, 0.05) is 11.1 Å². The van der Waals surface area contributed by atoms with E-state index in [1.54, 1.807) is 7.11 Å². The first-order valence-corrected chi connectivity index (χ1v) is 8.29. The summed E-state index contributed by atoms with van der Waals surface area (Å²) in [4.78, 5) is 0. The lowest BCUT2D eigenvalue weighted by Gasteiger charge is -2.27. The summed E-state index contributed by atoms with van der Waals surface area (Å²) in [7, 11) is 3.61. The molecule has 1 saturated heterocycles. The average molecular weight is 289 g/mol. The van der Waals surface area contributed by atoms with Crippen LogP contribution >= 0.6 is 0 Å². The van der Waals surface area contributed by atoms with Crippen molar-refractivity contribution in [2.45, 2.75) is 44.9 Å². The zero-order valence-electron chi connectivity index (χ0n) is 13.3. The highest BCUT2D eigenvalue weighted by atomic mass is 16.5. The quantitative estimate of drug-likeness (QED) is 0.924. The number of methoxy groups -OCH3 is 2. The summed E-state index contributed by atoms with van der Waals surface area (Å²) in [6, 6.07) is 2.23. The highest BCUT2D eigenvalue weighted by Crippen LogP contribution is 2.40. The van der Waals surface area contributed by atoms with Gasteiger partial charge in [-0.1, -0.05) is 0 Å². The van der Waals surface area contributed by atoms with Crippen LogP contribution in [0.4, 0.5) is 0 Å². The minimum atomic E-state index is 0.721. The Morgan fingerprint density at radius 2 is 1.90 bits per heavy atom. The maximum Gasteiger partial charge on any atom is 0.125 e. The predicted molar refractivity (Wildman–Crippen MR) is 85.5 cm³/mol. The minimum Gasteiger partial charge on any atom is -0.496 e. The lowest BCUT2D eigenvalue weighted by atomic mass is 9.85. The van der Waals surface area contributed by atoms with Crippen LogP contribution in [0.15, 0.2) is 6.07 Å². The summed E-state index contributed by atoms with van der Waals surface area (Å²) in [5, 5.41) is 3.51. The highest BCUT2D eigenvalue weighted by Gasteiger charge is 2.24. The number of ether oxygens (including phenoxy) is 2. The van der Waals surface area contributed by atoms with Crippen molar-refractivity contribution in [3.63, 3.8) is 0 Å². The zero-order chi connectivity index (χ0) is 14.7. The van der Waals surface area contributed by atoms with E-state index in [0.29, 0.717) is 0 Å². The molecule has 116 valence electrons. The summed E-state index contributed by atoms with van der Waals surface area (Å²) in [6.45, 7) is 2.30. The molecule has 1 atom stereocenters. The Morgan fingerprint density at radius 3 is 2.57 bits per heavy atom. The molecule has 3 nitrogen and oxygen atoms in total. The first-order valence-electron chi connectivity index (χ1n) is 8.29. The van der Waals surface area contributed by atoms with Gasteiger partial charge in [-0.05, 0) is 75.6 Å². The first-order chi connectivity index (χ1) is 10.3. The van der Waals surface area contributed by atoms with Gasteiger partial charge in [-0.25, -0.2) is 0 Å². The van der Waals surface area contributed by atoms with Crippen molar-refractivity contribution in [3.05, 3.63) is 22.8 Å². The monoisotopic (exact) mass is 289 g/mol. The molecule has 1 heterocycles. The van der Waals surface area contributed by atoms with E-state index >= 15 is 0 Å². The number of benzene rings is 1. The van der Waals surface area contributed by atoms with Crippen LogP contribution in [0.2, 0.25) is 0 Å². The molecule has 0 saturated carbocycles. The van der Waals surface area contributed by atoms with E-state index in [0.717, 1.165) is 43.2 Å². The Kier molecular flexibility index (Phi) is 4.69. The number of piperidine rings is 1. The van der Waals surface area contributed by atoms with Gasteiger partial charge in [0.05, 0.1) is 14.2 Å². The van der Waals surface area contributed by atoms with Crippen molar-refractivity contribution >= 4 is 0 Å². The van der Waals surface area contributed by atoms with Crippen LogP contribution in [0.3, 0.4) is 0 Å². The van der Waals surface area contributed by atoms with Crippen molar-refractivity contribution in [2.24, 2.45) is 5.92 Å². The Balaban J connectivity index is 1.94. The third-order valence-electron chi connectivity index (χ3n) is 4.97. The van der Waals surface area contributed by atoms with E-state index in [2.05, 4.69) is 11.4 Å². The molecule has 0 spiro atoms. The molecule has 21 heavy (non-hydrogen) atoms. The second kappa shape index (κ2) is 6.69. The Labute approximate surface area is 128 Å². The smallest absolute Gasteiger partial charge is 0.125 e. The predicted octanol–water partition coefficient (Wildman–Crippen LogP) is 3.12. The maximum atomic E-state index is 5.81. The molecule has 0 amide bonds. The van der Waals surface area contributed by atoms with Gasteiger partial charge in [-0.2, -0.15) is 0 Å². The molecule has 1 N–H and O–H groups in total. The van der Waals surface area contributed by atoms with Crippen LogP contribution in [0.1, 0.15) is 42.4 Å². The lowest BCUT2D eigenvalue weighted by Crippen LogP contribution is -2.31. The van der Waals surface area contributed by atoms with Gasteiger partial charge in [-0.3, -0.25) is 0 Å². The fourth-order valence-corrected chi connectivity index (χ4v) is 3.93. The van der Waals surface area contributed by atoms with Gasteiger partial charge in [0.2, 0.25) is 0 Å². The van der Waals surface area contributed by atoms with Crippen LogP contribution in [0.25, 0.3) is 0 Å². The van der Waals surface area contributed by atoms with Crippen molar-refractivity contribution in [1.82, 2.24) is 5.32 Å². The van der Waals surface area contributed by atoms with Gasteiger partial charge < -0.3 is 14.8 Å².